The summed E-state index contributed by atoms with van der Waals surface area (Å²) in [7, 11) is 1.76. The van der Waals surface area contributed by atoms with Crippen LogP contribution in [0.15, 0.2) is 24.3 Å². The van der Waals surface area contributed by atoms with Gasteiger partial charge in [0.15, 0.2) is 5.15 Å². The Kier molecular flexibility index (Phi) is 3.45. The minimum Gasteiger partial charge on any atom is -0.396 e. The SMILES string of the molecule is Cn1c(CCO)nc(Cl)c1-c1ccccc1F. The summed E-state index contributed by atoms with van der Waals surface area (Å²) < 4.78 is 15.4. The number of imidazole rings is 1. The number of aliphatic hydroxyl groups excluding tert-OH is 1. The van der Waals surface area contributed by atoms with E-state index < -0.39 is 0 Å². The van der Waals surface area contributed by atoms with Gasteiger partial charge >= 0.3 is 0 Å². The van der Waals surface area contributed by atoms with E-state index in [0.29, 0.717) is 23.5 Å². The van der Waals surface area contributed by atoms with E-state index in [1.807, 2.05) is 0 Å². The van der Waals surface area contributed by atoms with Gasteiger partial charge in [0.1, 0.15) is 11.6 Å². The fraction of sp³-hybridized carbons (Fsp3) is 0.250. The molecule has 17 heavy (non-hydrogen) atoms. The zero-order valence-electron chi connectivity index (χ0n) is 9.32. The first-order chi connectivity index (χ1) is 8.15. The summed E-state index contributed by atoms with van der Waals surface area (Å²) in [4.78, 5) is 4.12. The highest BCUT2D eigenvalue weighted by Crippen LogP contribution is 2.29. The van der Waals surface area contributed by atoms with Gasteiger partial charge in [-0.2, -0.15) is 0 Å². The van der Waals surface area contributed by atoms with E-state index in [-0.39, 0.29) is 17.6 Å². The van der Waals surface area contributed by atoms with Gasteiger partial charge in [0, 0.05) is 19.0 Å². The Morgan fingerprint density at radius 3 is 2.76 bits per heavy atom. The average molecular weight is 255 g/mol. The second kappa shape index (κ2) is 4.85. The van der Waals surface area contributed by atoms with Crippen molar-refractivity contribution >= 4 is 11.6 Å². The van der Waals surface area contributed by atoms with Crippen LogP contribution in [-0.2, 0) is 13.5 Å². The lowest BCUT2D eigenvalue weighted by Gasteiger charge is -2.06. The maximum Gasteiger partial charge on any atom is 0.155 e. The summed E-state index contributed by atoms with van der Waals surface area (Å²) in [6.07, 6.45) is 0.394. The normalized spacial score (nSPS) is 10.8. The van der Waals surface area contributed by atoms with Crippen molar-refractivity contribution in [1.29, 1.82) is 0 Å². The van der Waals surface area contributed by atoms with Gasteiger partial charge in [0.2, 0.25) is 0 Å². The Bertz CT molecular complexity index is 539. The van der Waals surface area contributed by atoms with Crippen LogP contribution >= 0.6 is 11.6 Å². The Balaban J connectivity index is 2.56. The predicted octanol–water partition coefficient (Wildman–Crippen LogP) is 2.41. The first-order valence-corrected chi connectivity index (χ1v) is 5.59. The number of hydrogen-bond acceptors (Lipinski definition) is 2. The first kappa shape index (κ1) is 12.1. The molecule has 0 amide bonds. The summed E-state index contributed by atoms with van der Waals surface area (Å²) in [5.74, 6) is 0.295. The lowest BCUT2D eigenvalue weighted by atomic mass is 10.1. The van der Waals surface area contributed by atoms with Crippen molar-refractivity contribution in [3.05, 3.63) is 41.1 Å². The zero-order valence-corrected chi connectivity index (χ0v) is 10.1. The Hall–Kier alpha value is -1.39. The largest absolute Gasteiger partial charge is 0.396 e. The molecule has 0 unspecified atom stereocenters. The third-order valence-corrected chi connectivity index (χ3v) is 2.87. The van der Waals surface area contributed by atoms with E-state index >= 15 is 0 Å². The van der Waals surface area contributed by atoms with Gasteiger partial charge in [-0.05, 0) is 12.1 Å². The molecule has 3 nitrogen and oxygen atoms in total. The van der Waals surface area contributed by atoms with E-state index in [4.69, 9.17) is 16.7 Å². The summed E-state index contributed by atoms with van der Waals surface area (Å²) in [5.41, 5.74) is 0.949. The molecule has 0 aliphatic rings. The molecule has 5 heteroatoms. The second-order valence-electron chi connectivity index (χ2n) is 3.68. The van der Waals surface area contributed by atoms with Crippen LogP contribution in [0.2, 0.25) is 5.15 Å². The van der Waals surface area contributed by atoms with Crippen molar-refractivity contribution in [3.8, 4) is 11.3 Å². The van der Waals surface area contributed by atoms with Gasteiger partial charge in [-0.25, -0.2) is 9.37 Å². The maximum atomic E-state index is 13.7. The van der Waals surface area contributed by atoms with Crippen molar-refractivity contribution in [2.75, 3.05) is 6.61 Å². The summed E-state index contributed by atoms with van der Waals surface area (Å²) >= 11 is 6.01. The Labute approximate surface area is 103 Å². The van der Waals surface area contributed by atoms with Crippen molar-refractivity contribution < 1.29 is 9.50 Å². The molecule has 90 valence electrons. The van der Waals surface area contributed by atoms with E-state index in [1.54, 1.807) is 29.8 Å². The minimum atomic E-state index is -0.340. The zero-order chi connectivity index (χ0) is 12.4. The summed E-state index contributed by atoms with van der Waals surface area (Å²) in [6.45, 7) is -0.0160. The third-order valence-electron chi connectivity index (χ3n) is 2.61. The molecule has 2 rings (SSSR count). The fourth-order valence-electron chi connectivity index (χ4n) is 1.78. The monoisotopic (exact) mass is 254 g/mol. The molecule has 0 saturated carbocycles. The van der Waals surface area contributed by atoms with Gasteiger partial charge < -0.3 is 9.67 Å². The molecule has 0 atom stereocenters. The third kappa shape index (κ3) is 2.18. The van der Waals surface area contributed by atoms with Gasteiger partial charge in [-0.3, -0.25) is 0 Å². The topological polar surface area (TPSA) is 38.0 Å². The Morgan fingerprint density at radius 2 is 2.12 bits per heavy atom. The van der Waals surface area contributed by atoms with Gasteiger partial charge in [-0.15, -0.1) is 0 Å². The molecule has 0 bridgehead atoms. The van der Waals surface area contributed by atoms with Crippen LogP contribution in [0.5, 0.6) is 0 Å². The molecule has 0 radical (unpaired) electrons. The van der Waals surface area contributed by atoms with Crippen molar-refractivity contribution in [1.82, 2.24) is 9.55 Å². The van der Waals surface area contributed by atoms with Crippen molar-refractivity contribution in [2.45, 2.75) is 6.42 Å². The number of halogens is 2. The highest BCUT2D eigenvalue weighted by molar-refractivity contribution is 6.32. The molecule has 2 aromatic rings. The van der Waals surface area contributed by atoms with Crippen LogP contribution in [0.1, 0.15) is 5.82 Å². The van der Waals surface area contributed by atoms with E-state index in [1.165, 1.54) is 6.07 Å². The molecule has 1 aromatic heterocycles. The van der Waals surface area contributed by atoms with Gasteiger partial charge in [0.05, 0.1) is 12.3 Å². The molecule has 0 aliphatic carbocycles. The number of benzene rings is 1. The van der Waals surface area contributed by atoms with Crippen LogP contribution in [-0.4, -0.2) is 21.3 Å². The number of aliphatic hydroxyl groups is 1. The fourth-order valence-corrected chi connectivity index (χ4v) is 2.10. The van der Waals surface area contributed by atoms with Crippen LogP contribution in [0, 0.1) is 5.82 Å². The molecule has 0 spiro atoms. The van der Waals surface area contributed by atoms with Gasteiger partial charge in [0.25, 0.3) is 0 Å². The maximum absolute atomic E-state index is 13.7. The molecule has 0 aliphatic heterocycles. The van der Waals surface area contributed by atoms with E-state index in [2.05, 4.69) is 4.98 Å². The molecule has 1 aromatic carbocycles. The smallest absolute Gasteiger partial charge is 0.155 e. The molecule has 1 heterocycles. The van der Waals surface area contributed by atoms with Crippen LogP contribution in [0.4, 0.5) is 4.39 Å². The van der Waals surface area contributed by atoms with Crippen molar-refractivity contribution in [2.24, 2.45) is 7.05 Å². The summed E-state index contributed by atoms with van der Waals surface area (Å²) in [5, 5.41) is 9.15. The van der Waals surface area contributed by atoms with E-state index in [0.717, 1.165) is 0 Å². The number of rotatable bonds is 3. The first-order valence-electron chi connectivity index (χ1n) is 5.22. The lowest BCUT2D eigenvalue weighted by Crippen LogP contribution is -2.02. The molecular weight excluding hydrogens is 243 g/mol. The molecule has 0 saturated heterocycles. The van der Waals surface area contributed by atoms with Crippen LogP contribution < -0.4 is 0 Å². The lowest BCUT2D eigenvalue weighted by molar-refractivity contribution is 0.295. The quantitative estimate of drug-likeness (QED) is 0.914. The molecule has 1 N–H and O–H groups in total. The van der Waals surface area contributed by atoms with Crippen LogP contribution in [0.3, 0.4) is 0 Å². The standard InChI is InChI=1S/C12H12ClFN2O/c1-16-10(6-7-17)15-12(13)11(16)8-4-2-3-5-9(8)14/h2-5,17H,6-7H2,1H3. The van der Waals surface area contributed by atoms with Crippen molar-refractivity contribution in [3.63, 3.8) is 0 Å². The number of hydrogen-bond donors (Lipinski definition) is 1. The molecule has 0 fully saturated rings. The highest BCUT2D eigenvalue weighted by Gasteiger charge is 2.16. The van der Waals surface area contributed by atoms with Crippen LogP contribution in [0.25, 0.3) is 11.3 Å². The molecular formula is C12H12ClFN2O. The minimum absolute atomic E-state index is 0.0160. The highest BCUT2D eigenvalue weighted by atomic mass is 35.5. The Morgan fingerprint density at radius 1 is 1.41 bits per heavy atom. The van der Waals surface area contributed by atoms with Gasteiger partial charge in [-0.1, -0.05) is 23.7 Å². The van der Waals surface area contributed by atoms with E-state index in [9.17, 15) is 4.39 Å². The average Bonchev–Trinajstić information content (AvgIpc) is 2.57. The number of aromatic nitrogens is 2. The summed E-state index contributed by atoms with van der Waals surface area (Å²) in [6, 6.07) is 6.40. The number of nitrogens with zero attached hydrogens (tertiary/aromatic N) is 2. The second-order valence-corrected chi connectivity index (χ2v) is 4.04. The predicted molar refractivity (Wildman–Crippen MR) is 64.4 cm³/mol.